The van der Waals surface area contributed by atoms with Crippen LogP contribution < -0.4 is 10.2 Å². The number of piperazine rings is 1. The highest BCUT2D eigenvalue weighted by Gasteiger charge is 2.27. The third kappa shape index (κ3) is 5.05. The number of anilines is 1. The monoisotopic (exact) mass is 403 g/mol. The van der Waals surface area contributed by atoms with E-state index in [1.54, 1.807) is 24.5 Å². The van der Waals surface area contributed by atoms with E-state index in [1.165, 1.54) is 4.31 Å². The number of benzene rings is 1. The molecule has 0 radical (unpaired) electrons. The van der Waals surface area contributed by atoms with Crippen molar-refractivity contribution in [2.75, 3.05) is 43.4 Å². The minimum atomic E-state index is -3.35. The Bertz CT molecular complexity index is 897. The first-order valence-electron chi connectivity index (χ1n) is 9.31. The van der Waals surface area contributed by atoms with Crippen molar-refractivity contribution in [3.05, 3.63) is 53.9 Å². The van der Waals surface area contributed by atoms with Crippen LogP contribution >= 0.6 is 0 Å². The summed E-state index contributed by atoms with van der Waals surface area (Å²) in [5.74, 6) is 0.466. The maximum atomic E-state index is 12.6. The average Bonchev–Trinajstić information content (AvgIpc) is 2.72. The van der Waals surface area contributed by atoms with Crippen LogP contribution in [0.25, 0.3) is 0 Å². The molecule has 0 spiro atoms. The van der Waals surface area contributed by atoms with E-state index in [-0.39, 0.29) is 11.7 Å². The topological polar surface area (TPSA) is 95.5 Å². The SMILES string of the molecule is Cc1ccccc1C(=O)NCCCS(=O)(=O)N1CCN(c2ncccn2)CC1. The number of hydrogen-bond donors (Lipinski definition) is 1. The third-order valence-corrected chi connectivity index (χ3v) is 6.68. The number of carbonyl (C=O) groups is 1. The standard InChI is InChI=1S/C19H25N5O3S/c1-16-6-2-3-7-17(16)18(25)20-10-5-15-28(26,27)24-13-11-23(12-14-24)19-21-8-4-9-22-19/h2-4,6-9H,5,10-15H2,1H3,(H,20,25). The molecule has 9 heteroatoms. The Morgan fingerprint density at radius 1 is 1.07 bits per heavy atom. The summed E-state index contributed by atoms with van der Waals surface area (Å²) in [7, 11) is -3.35. The van der Waals surface area contributed by atoms with Gasteiger partial charge in [0.25, 0.3) is 5.91 Å². The van der Waals surface area contributed by atoms with Gasteiger partial charge in [-0.3, -0.25) is 4.79 Å². The first-order valence-corrected chi connectivity index (χ1v) is 10.9. The number of carbonyl (C=O) groups excluding carboxylic acids is 1. The van der Waals surface area contributed by atoms with E-state index in [4.69, 9.17) is 0 Å². The van der Waals surface area contributed by atoms with Gasteiger partial charge in [-0.2, -0.15) is 4.31 Å². The van der Waals surface area contributed by atoms with Gasteiger partial charge >= 0.3 is 0 Å². The number of nitrogens with one attached hydrogen (secondary N) is 1. The van der Waals surface area contributed by atoms with Gasteiger partial charge in [0.15, 0.2) is 0 Å². The fourth-order valence-corrected chi connectivity index (χ4v) is 4.62. The quantitative estimate of drug-likeness (QED) is 0.695. The van der Waals surface area contributed by atoms with Gasteiger partial charge in [-0.05, 0) is 31.0 Å². The van der Waals surface area contributed by atoms with E-state index in [0.29, 0.717) is 50.7 Å². The zero-order valence-corrected chi connectivity index (χ0v) is 16.7. The van der Waals surface area contributed by atoms with Gasteiger partial charge in [0.2, 0.25) is 16.0 Å². The van der Waals surface area contributed by atoms with E-state index in [2.05, 4.69) is 15.3 Å². The van der Waals surface area contributed by atoms with Gasteiger partial charge < -0.3 is 10.2 Å². The molecule has 1 saturated heterocycles. The summed E-state index contributed by atoms with van der Waals surface area (Å²) in [4.78, 5) is 22.6. The number of rotatable bonds is 7. The molecular formula is C19H25N5O3S. The van der Waals surface area contributed by atoms with Crippen molar-refractivity contribution in [3.8, 4) is 0 Å². The highest BCUT2D eigenvalue weighted by atomic mass is 32.2. The van der Waals surface area contributed by atoms with Crippen LogP contribution in [0, 0.1) is 6.92 Å². The van der Waals surface area contributed by atoms with Crippen LogP contribution in [0.3, 0.4) is 0 Å². The van der Waals surface area contributed by atoms with Gasteiger partial charge in [0.05, 0.1) is 5.75 Å². The van der Waals surface area contributed by atoms with Crippen LogP contribution in [0.5, 0.6) is 0 Å². The first kappa shape index (κ1) is 20.2. The molecule has 1 fully saturated rings. The molecule has 1 N–H and O–H groups in total. The van der Waals surface area contributed by atoms with Gasteiger partial charge in [0.1, 0.15) is 0 Å². The number of nitrogens with zero attached hydrogens (tertiary/aromatic N) is 4. The molecular weight excluding hydrogens is 378 g/mol. The van der Waals surface area contributed by atoms with Crippen LogP contribution in [-0.2, 0) is 10.0 Å². The highest BCUT2D eigenvalue weighted by Crippen LogP contribution is 2.13. The lowest BCUT2D eigenvalue weighted by Gasteiger charge is -2.33. The Balaban J connectivity index is 1.43. The highest BCUT2D eigenvalue weighted by molar-refractivity contribution is 7.89. The zero-order valence-electron chi connectivity index (χ0n) is 15.9. The molecule has 1 aromatic carbocycles. The van der Waals surface area contributed by atoms with Gasteiger partial charge in [0, 0.05) is 50.7 Å². The Morgan fingerprint density at radius 2 is 1.75 bits per heavy atom. The van der Waals surface area contributed by atoms with E-state index < -0.39 is 10.0 Å². The maximum Gasteiger partial charge on any atom is 0.251 e. The summed E-state index contributed by atoms with van der Waals surface area (Å²) in [6, 6.07) is 9.08. The van der Waals surface area contributed by atoms with Crippen LogP contribution in [-0.4, -0.2) is 67.1 Å². The van der Waals surface area contributed by atoms with Crippen LogP contribution in [0.4, 0.5) is 5.95 Å². The molecule has 0 unspecified atom stereocenters. The predicted octanol–water partition coefficient (Wildman–Crippen LogP) is 1.06. The summed E-state index contributed by atoms with van der Waals surface area (Å²) in [6.07, 6.45) is 3.73. The number of sulfonamides is 1. The molecule has 28 heavy (non-hydrogen) atoms. The van der Waals surface area contributed by atoms with Gasteiger partial charge in [-0.25, -0.2) is 18.4 Å². The second kappa shape index (κ2) is 9.11. The molecule has 1 aromatic heterocycles. The molecule has 2 aromatic rings. The molecule has 1 aliphatic heterocycles. The second-order valence-electron chi connectivity index (χ2n) is 6.68. The van der Waals surface area contributed by atoms with Crippen LogP contribution in [0.15, 0.2) is 42.7 Å². The lowest BCUT2D eigenvalue weighted by atomic mass is 10.1. The van der Waals surface area contributed by atoms with E-state index in [0.717, 1.165) is 5.56 Å². The zero-order chi connectivity index (χ0) is 20.0. The van der Waals surface area contributed by atoms with Crippen molar-refractivity contribution < 1.29 is 13.2 Å². The fraction of sp³-hybridized carbons (Fsp3) is 0.421. The lowest BCUT2D eigenvalue weighted by molar-refractivity contribution is 0.0953. The Morgan fingerprint density at radius 3 is 2.43 bits per heavy atom. The summed E-state index contributed by atoms with van der Waals surface area (Å²) in [6.45, 7) is 4.15. The predicted molar refractivity (Wildman–Crippen MR) is 108 cm³/mol. The van der Waals surface area contributed by atoms with Crippen molar-refractivity contribution >= 4 is 21.9 Å². The number of aryl methyl sites for hydroxylation is 1. The Hall–Kier alpha value is -2.52. The molecule has 0 aliphatic carbocycles. The van der Waals surface area contributed by atoms with Crippen molar-refractivity contribution in [1.82, 2.24) is 19.6 Å². The largest absolute Gasteiger partial charge is 0.352 e. The van der Waals surface area contributed by atoms with Crippen molar-refractivity contribution in [1.29, 1.82) is 0 Å². The molecule has 8 nitrogen and oxygen atoms in total. The molecule has 0 atom stereocenters. The van der Waals surface area contributed by atoms with Crippen molar-refractivity contribution in [2.24, 2.45) is 0 Å². The summed E-state index contributed by atoms with van der Waals surface area (Å²) < 4.78 is 26.6. The van der Waals surface area contributed by atoms with Crippen molar-refractivity contribution in [2.45, 2.75) is 13.3 Å². The lowest BCUT2D eigenvalue weighted by Crippen LogP contribution is -2.49. The maximum absolute atomic E-state index is 12.6. The van der Waals surface area contributed by atoms with Crippen LogP contribution in [0.2, 0.25) is 0 Å². The molecule has 0 bridgehead atoms. The van der Waals surface area contributed by atoms with Crippen LogP contribution in [0.1, 0.15) is 22.3 Å². The van der Waals surface area contributed by atoms with E-state index in [9.17, 15) is 13.2 Å². The summed E-state index contributed by atoms with van der Waals surface area (Å²) in [5.41, 5.74) is 1.51. The first-order chi connectivity index (χ1) is 13.5. The normalized spacial score (nSPS) is 15.4. The Kier molecular flexibility index (Phi) is 6.58. The second-order valence-corrected chi connectivity index (χ2v) is 8.76. The van der Waals surface area contributed by atoms with E-state index >= 15 is 0 Å². The molecule has 2 heterocycles. The molecule has 0 saturated carbocycles. The molecule has 1 aliphatic rings. The van der Waals surface area contributed by atoms with Crippen molar-refractivity contribution in [3.63, 3.8) is 0 Å². The van der Waals surface area contributed by atoms with E-state index in [1.807, 2.05) is 30.0 Å². The number of aromatic nitrogens is 2. The molecule has 3 rings (SSSR count). The third-order valence-electron chi connectivity index (χ3n) is 4.72. The number of hydrogen-bond acceptors (Lipinski definition) is 6. The smallest absolute Gasteiger partial charge is 0.251 e. The van der Waals surface area contributed by atoms with Gasteiger partial charge in [-0.15, -0.1) is 0 Å². The molecule has 150 valence electrons. The number of amides is 1. The minimum Gasteiger partial charge on any atom is -0.352 e. The summed E-state index contributed by atoms with van der Waals surface area (Å²) in [5, 5.41) is 2.80. The molecule has 1 amide bonds. The Labute approximate surface area is 165 Å². The summed E-state index contributed by atoms with van der Waals surface area (Å²) >= 11 is 0. The fourth-order valence-electron chi connectivity index (χ4n) is 3.13. The van der Waals surface area contributed by atoms with Gasteiger partial charge in [-0.1, -0.05) is 18.2 Å². The average molecular weight is 404 g/mol. The minimum absolute atomic E-state index is 0.0168.